The second kappa shape index (κ2) is 11.5. The third kappa shape index (κ3) is 6.62. The summed E-state index contributed by atoms with van der Waals surface area (Å²) in [5.41, 5.74) is 2.38. The Morgan fingerprint density at radius 3 is 2.41 bits per heavy atom. The maximum atomic E-state index is 14.0. The van der Waals surface area contributed by atoms with Crippen LogP contribution in [-0.2, 0) is 4.74 Å². The molecular formula is C25H34F6N4O3S. The number of halogens is 6. The van der Waals surface area contributed by atoms with E-state index in [1.807, 2.05) is 0 Å². The van der Waals surface area contributed by atoms with E-state index in [4.69, 9.17) is 4.74 Å². The van der Waals surface area contributed by atoms with Crippen molar-refractivity contribution in [2.75, 3.05) is 6.54 Å². The first-order chi connectivity index (χ1) is 18.4. The third-order valence-corrected chi connectivity index (χ3v) is 9.49. The molecule has 7 atom stereocenters. The van der Waals surface area contributed by atoms with Crippen LogP contribution in [0.25, 0.3) is 0 Å². The number of aliphatic hydroxyl groups is 1. The molecule has 4 aliphatic rings. The van der Waals surface area contributed by atoms with Crippen molar-refractivity contribution in [2.45, 2.75) is 117 Å². The summed E-state index contributed by atoms with van der Waals surface area (Å²) < 4.78 is 89.3. The molecule has 4 heterocycles. The van der Waals surface area contributed by atoms with Crippen LogP contribution >= 0.6 is 11.8 Å². The van der Waals surface area contributed by atoms with Crippen molar-refractivity contribution in [2.24, 2.45) is 0 Å². The lowest BCUT2D eigenvalue weighted by Crippen LogP contribution is -2.63. The molecule has 0 saturated carbocycles. The van der Waals surface area contributed by atoms with E-state index in [1.54, 1.807) is 23.9 Å². The maximum Gasteiger partial charge on any atom is 0.573 e. The van der Waals surface area contributed by atoms with Crippen molar-refractivity contribution in [3.63, 3.8) is 0 Å². The average Bonchev–Trinajstić information content (AvgIpc) is 3.53. The quantitative estimate of drug-likeness (QED) is 0.384. The van der Waals surface area contributed by atoms with Crippen molar-refractivity contribution in [3.8, 4) is 5.75 Å². The number of nitrogens with zero attached hydrogens (tertiary/aromatic N) is 1. The Labute approximate surface area is 227 Å². The number of fused-ring (bicyclic) bond motifs is 7. The maximum absolute atomic E-state index is 14.0. The number of thioether (sulfide) groups is 1. The van der Waals surface area contributed by atoms with Gasteiger partial charge in [-0.25, -0.2) is 10.9 Å². The standard InChI is InChI=1S/C25H34F6N4O3S/c26-24(27,28)23(36)13-3-1-2-5-15-6-4-14-35(15)20-19(12-11-18(32-20)21-33-34-22(23)37-21)39-17-9-7-16(8-10-17)38-25(29,30)31/h7-10,15,18-22,32-34,36H,1-6,11-14H2/t15-,18?,19?,20?,21?,22?,23?/m1/s1. The van der Waals surface area contributed by atoms with Gasteiger partial charge >= 0.3 is 12.5 Å². The number of piperidine rings is 1. The van der Waals surface area contributed by atoms with E-state index in [9.17, 15) is 31.4 Å². The van der Waals surface area contributed by atoms with E-state index in [0.29, 0.717) is 19.3 Å². The molecule has 4 saturated heterocycles. The topological polar surface area (TPSA) is 78.0 Å². The van der Waals surface area contributed by atoms with E-state index in [0.717, 1.165) is 37.1 Å². The first-order valence-electron chi connectivity index (χ1n) is 13.4. The largest absolute Gasteiger partial charge is 0.573 e. The van der Waals surface area contributed by atoms with E-state index < -0.39 is 37.0 Å². The molecule has 14 heteroatoms. The highest BCUT2D eigenvalue weighted by Crippen LogP contribution is 2.42. The molecule has 7 nitrogen and oxygen atoms in total. The van der Waals surface area contributed by atoms with Crippen molar-refractivity contribution in [3.05, 3.63) is 24.3 Å². The summed E-state index contributed by atoms with van der Waals surface area (Å²) in [4.78, 5) is 3.25. The zero-order chi connectivity index (χ0) is 27.8. The Morgan fingerprint density at radius 1 is 0.949 bits per heavy atom. The molecule has 1 aromatic rings. The molecule has 220 valence electrons. The van der Waals surface area contributed by atoms with E-state index >= 15 is 0 Å². The number of ether oxygens (including phenoxy) is 2. The number of benzene rings is 1. The molecule has 0 aliphatic carbocycles. The van der Waals surface area contributed by atoms with Gasteiger partial charge < -0.3 is 14.6 Å². The minimum atomic E-state index is -4.86. The fourth-order valence-electron chi connectivity index (χ4n) is 6.18. The van der Waals surface area contributed by atoms with Gasteiger partial charge in [0.1, 0.15) is 12.0 Å². The molecule has 1 aromatic carbocycles. The van der Waals surface area contributed by atoms with Crippen molar-refractivity contribution in [1.29, 1.82) is 0 Å². The second-order valence-electron chi connectivity index (χ2n) is 10.8. The van der Waals surface area contributed by atoms with Gasteiger partial charge in [-0.1, -0.05) is 19.3 Å². The smallest absolute Gasteiger partial charge is 0.406 e. The SMILES string of the molecule is OC1(C(F)(F)F)CCCCC[C@@H]2CCCN2C2NC(CCC2Sc2ccc(OC(F)(F)F)cc2)C2NNC1O2. The molecule has 4 N–H and O–H groups in total. The highest BCUT2D eigenvalue weighted by molar-refractivity contribution is 8.00. The molecule has 4 fully saturated rings. The minimum absolute atomic E-state index is 0.0569. The molecule has 0 aromatic heterocycles. The molecular weight excluding hydrogens is 550 g/mol. The third-order valence-electron chi connectivity index (χ3n) is 8.15. The molecule has 4 bridgehead atoms. The highest BCUT2D eigenvalue weighted by atomic mass is 32.2. The number of hydrogen-bond acceptors (Lipinski definition) is 8. The molecule has 4 aliphatic heterocycles. The van der Waals surface area contributed by atoms with Gasteiger partial charge in [-0.3, -0.25) is 10.2 Å². The van der Waals surface area contributed by atoms with Gasteiger partial charge in [-0.2, -0.15) is 13.2 Å². The van der Waals surface area contributed by atoms with Crippen LogP contribution in [0.2, 0.25) is 0 Å². The lowest BCUT2D eigenvalue weighted by Gasteiger charge is -2.45. The van der Waals surface area contributed by atoms with Gasteiger partial charge in [-0.05, 0) is 62.8 Å². The predicted octanol–water partition coefficient (Wildman–Crippen LogP) is 4.62. The number of nitrogens with one attached hydrogen (secondary N) is 3. The van der Waals surface area contributed by atoms with Gasteiger partial charge in [0, 0.05) is 28.8 Å². The summed E-state index contributed by atoms with van der Waals surface area (Å²) in [5, 5.41) is 14.4. The molecule has 39 heavy (non-hydrogen) atoms. The van der Waals surface area contributed by atoms with Gasteiger partial charge in [0.2, 0.25) is 5.60 Å². The Kier molecular flexibility index (Phi) is 8.64. The molecule has 0 spiro atoms. The van der Waals surface area contributed by atoms with Crippen molar-refractivity contribution >= 4 is 11.8 Å². The van der Waals surface area contributed by atoms with Crippen LogP contribution in [0.3, 0.4) is 0 Å². The van der Waals surface area contributed by atoms with E-state index in [-0.39, 0.29) is 35.7 Å². The average molecular weight is 585 g/mol. The van der Waals surface area contributed by atoms with Crippen LogP contribution in [-0.4, -0.2) is 70.6 Å². The number of hydrogen-bond donors (Lipinski definition) is 4. The summed E-state index contributed by atoms with van der Waals surface area (Å²) in [7, 11) is 0. The minimum Gasteiger partial charge on any atom is -0.406 e. The lowest BCUT2D eigenvalue weighted by atomic mass is 9.92. The molecule has 0 amide bonds. The number of rotatable bonds is 3. The Hall–Kier alpha value is -1.29. The van der Waals surface area contributed by atoms with Crippen LogP contribution in [0.15, 0.2) is 29.2 Å². The van der Waals surface area contributed by atoms with Gasteiger partial charge in [-0.15, -0.1) is 24.9 Å². The fourth-order valence-corrected chi connectivity index (χ4v) is 7.45. The Balaban J connectivity index is 1.35. The first-order valence-corrected chi connectivity index (χ1v) is 14.3. The Morgan fingerprint density at radius 2 is 1.69 bits per heavy atom. The molecule has 5 rings (SSSR count). The van der Waals surface area contributed by atoms with Crippen LogP contribution in [0.5, 0.6) is 5.75 Å². The molecule has 0 radical (unpaired) electrons. The van der Waals surface area contributed by atoms with Crippen LogP contribution < -0.4 is 20.9 Å². The van der Waals surface area contributed by atoms with Crippen LogP contribution in [0.4, 0.5) is 26.3 Å². The van der Waals surface area contributed by atoms with Gasteiger partial charge in [0.05, 0.1) is 6.17 Å². The Bertz CT molecular complexity index is 971. The van der Waals surface area contributed by atoms with E-state index in [1.165, 1.54) is 12.1 Å². The summed E-state index contributed by atoms with van der Waals surface area (Å²) in [6.45, 7) is 0.887. The predicted molar refractivity (Wildman–Crippen MR) is 131 cm³/mol. The summed E-state index contributed by atoms with van der Waals surface area (Å²) in [6, 6.07) is 5.77. The monoisotopic (exact) mass is 584 g/mol. The first kappa shape index (κ1) is 29.2. The molecule has 6 unspecified atom stereocenters. The normalized spacial score (nSPS) is 36.8. The fraction of sp³-hybridized carbons (Fsp3) is 0.760. The number of hydrazine groups is 1. The van der Waals surface area contributed by atoms with Gasteiger partial charge in [0.25, 0.3) is 0 Å². The van der Waals surface area contributed by atoms with Gasteiger partial charge in [0.15, 0.2) is 6.23 Å². The lowest BCUT2D eigenvalue weighted by molar-refractivity contribution is -0.300. The van der Waals surface area contributed by atoms with Crippen molar-refractivity contribution < 1.29 is 40.9 Å². The van der Waals surface area contributed by atoms with Crippen LogP contribution in [0, 0.1) is 0 Å². The second-order valence-corrected chi connectivity index (χ2v) is 12.1. The zero-order valence-corrected chi connectivity index (χ0v) is 22.0. The van der Waals surface area contributed by atoms with Crippen molar-refractivity contribution in [1.82, 2.24) is 21.1 Å². The zero-order valence-electron chi connectivity index (χ0n) is 21.2. The number of alkyl halides is 6. The van der Waals surface area contributed by atoms with Crippen LogP contribution in [0.1, 0.15) is 57.8 Å². The van der Waals surface area contributed by atoms with E-state index in [2.05, 4.69) is 25.8 Å². The summed E-state index contributed by atoms with van der Waals surface area (Å²) in [5.74, 6) is -0.281. The highest BCUT2D eigenvalue weighted by Gasteiger charge is 2.61. The summed E-state index contributed by atoms with van der Waals surface area (Å²) in [6.07, 6.45) is -6.84. The summed E-state index contributed by atoms with van der Waals surface area (Å²) >= 11 is 1.57.